The largest absolute Gasteiger partial charge is 0.348 e. The highest BCUT2D eigenvalue weighted by atomic mass is 16.1. The Kier molecular flexibility index (Phi) is 3.10. The molecule has 3 aliphatic heterocycles. The molecule has 0 spiro atoms. The Bertz CT molecular complexity index is 253. The van der Waals surface area contributed by atoms with Crippen molar-refractivity contribution in [1.29, 1.82) is 0 Å². The van der Waals surface area contributed by atoms with E-state index in [-0.39, 0.29) is 5.91 Å². The van der Waals surface area contributed by atoms with E-state index in [4.69, 9.17) is 0 Å². The lowest BCUT2D eigenvalue weighted by atomic mass is 9.94. The molecule has 0 aromatic heterocycles. The van der Waals surface area contributed by atoms with E-state index in [1.807, 2.05) is 0 Å². The zero-order chi connectivity index (χ0) is 10.8. The molecule has 3 heterocycles. The van der Waals surface area contributed by atoms with Gasteiger partial charge in [0.25, 0.3) is 0 Å². The van der Waals surface area contributed by atoms with Crippen molar-refractivity contribution < 1.29 is 4.79 Å². The third-order valence-corrected chi connectivity index (χ3v) is 3.53. The van der Waals surface area contributed by atoms with Gasteiger partial charge in [0.05, 0.1) is 0 Å². The van der Waals surface area contributed by atoms with E-state index in [2.05, 4.69) is 16.8 Å². The molecule has 1 amide bonds. The van der Waals surface area contributed by atoms with Gasteiger partial charge in [-0.2, -0.15) is 0 Å². The van der Waals surface area contributed by atoms with Gasteiger partial charge in [-0.05, 0) is 45.2 Å². The molecule has 0 aromatic carbocycles. The second-order valence-electron chi connectivity index (χ2n) is 4.93. The second-order valence-corrected chi connectivity index (χ2v) is 4.93. The summed E-state index contributed by atoms with van der Waals surface area (Å²) in [5.74, 6) is 0.835. The fourth-order valence-electron chi connectivity index (χ4n) is 2.61. The van der Waals surface area contributed by atoms with Crippen molar-refractivity contribution in [1.82, 2.24) is 10.2 Å². The summed E-state index contributed by atoms with van der Waals surface area (Å²) >= 11 is 0. The van der Waals surface area contributed by atoms with Crippen molar-refractivity contribution in [2.45, 2.75) is 32.2 Å². The van der Waals surface area contributed by atoms with Crippen molar-refractivity contribution in [3.8, 4) is 0 Å². The van der Waals surface area contributed by atoms with Crippen molar-refractivity contribution in [2.24, 2.45) is 5.92 Å². The number of carbonyl (C=O) groups is 1. The summed E-state index contributed by atoms with van der Waals surface area (Å²) in [6.45, 7) is 8.88. The van der Waals surface area contributed by atoms with Gasteiger partial charge in [-0.25, -0.2) is 0 Å². The van der Waals surface area contributed by atoms with Gasteiger partial charge in [0.2, 0.25) is 5.91 Å². The van der Waals surface area contributed by atoms with Crippen LogP contribution < -0.4 is 5.32 Å². The Morgan fingerprint density at radius 1 is 1.40 bits per heavy atom. The molecule has 1 atom stereocenters. The third kappa shape index (κ3) is 2.59. The summed E-state index contributed by atoms with van der Waals surface area (Å²) < 4.78 is 0. The molecule has 2 bridgehead atoms. The van der Waals surface area contributed by atoms with E-state index in [1.165, 1.54) is 25.9 Å². The van der Waals surface area contributed by atoms with Crippen LogP contribution in [0, 0.1) is 5.92 Å². The number of piperidine rings is 1. The maximum atomic E-state index is 11.5. The first-order valence-electron chi connectivity index (χ1n) is 5.84. The number of hydrogen-bond donors (Lipinski definition) is 1. The van der Waals surface area contributed by atoms with E-state index in [0.717, 1.165) is 18.9 Å². The minimum absolute atomic E-state index is 0.0162. The molecule has 0 aromatic rings. The Morgan fingerprint density at radius 2 is 2.07 bits per heavy atom. The lowest BCUT2D eigenvalue weighted by molar-refractivity contribution is -0.118. The fourth-order valence-corrected chi connectivity index (χ4v) is 2.61. The van der Waals surface area contributed by atoms with Crippen molar-refractivity contribution >= 4 is 5.91 Å². The first-order chi connectivity index (χ1) is 7.15. The molecular formula is C12H20N2O. The smallest absolute Gasteiger partial charge is 0.246 e. The van der Waals surface area contributed by atoms with Crippen LogP contribution in [0.2, 0.25) is 0 Å². The first kappa shape index (κ1) is 10.7. The molecule has 3 fully saturated rings. The van der Waals surface area contributed by atoms with E-state index in [1.54, 1.807) is 6.92 Å². The van der Waals surface area contributed by atoms with Gasteiger partial charge >= 0.3 is 0 Å². The molecule has 15 heavy (non-hydrogen) atoms. The van der Waals surface area contributed by atoms with Crippen LogP contribution in [0.25, 0.3) is 0 Å². The predicted octanol–water partition coefficient (Wildman–Crippen LogP) is 1.16. The minimum Gasteiger partial charge on any atom is -0.348 e. The summed E-state index contributed by atoms with van der Waals surface area (Å²) in [4.78, 5) is 14.0. The summed E-state index contributed by atoms with van der Waals surface area (Å²) in [5.41, 5.74) is 0.613. The number of amides is 1. The lowest BCUT2D eigenvalue weighted by Gasteiger charge is -2.26. The van der Waals surface area contributed by atoms with Crippen LogP contribution in [0.1, 0.15) is 26.2 Å². The Hall–Kier alpha value is -0.830. The van der Waals surface area contributed by atoms with Gasteiger partial charge in [0, 0.05) is 18.2 Å². The fraction of sp³-hybridized carbons (Fsp3) is 0.750. The van der Waals surface area contributed by atoms with Gasteiger partial charge in [-0.3, -0.25) is 4.79 Å². The number of nitrogens with one attached hydrogen (secondary N) is 1. The molecule has 0 radical (unpaired) electrons. The van der Waals surface area contributed by atoms with Crippen LogP contribution in [0.4, 0.5) is 0 Å². The third-order valence-electron chi connectivity index (χ3n) is 3.53. The topological polar surface area (TPSA) is 32.3 Å². The zero-order valence-electron chi connectivity index (χ0n) is 9.46. The molecular weight excluding hydrogens is 188 g/mol. The van der Waals surface area contributed by atoms with E-state index in [9.17, 15) is 4.79 Å². The SMILES string of the molecule is C=C(C)C(=O)NC1CC2CCN(CC2)C1. The molecule has 3 rings (SSSR count). The van der Waals surface area contributed by atoms with Crippen LogP contribution >= 0.6 is 0 Å². The summed E-state index contributed by atoms with van der Waals surface area (Å²) in [6.07, 6.45) is 3.76. The summed E-state index contributed by atoms with van der Waals surface area (Å²) in [6, 6.07) is 0.337. The Balaban J connectivity index is 1.93. The molecule has 84 valence electrons. The van der Waals surface area contributed by atoms with Gasteiger partial charge in [-0.15, -0.1) is 0 Å². The first-order valence-corrected chi connectivity index (χ1v) is 5.84. The van der Waals surface area contributed by atoms with Crippen molar-refractivity contribution in [2.75, 3.05) is 19.6 Å². The van der Waals surface area contributed by atoms with Crippen LogP contribution in [0.5, 0.6) is 0 Å². The Morgan fingerprint density at radius 3 is 2.67 bits per heavy atom. The monoisotopic (exact) mass is 208 g/mol. The van der Waals surface area contributed by atoms with Crippen LogP contribution in [-0.2, 0) is 4.79 Å². The number of carbonyl (C=O) groups excluding carboxylic acids is 1. The average Bonchev–Trinajstić information content (AvgIpc) is 2.49. The number of nitrogens with zero attached hydrogens (tertiary/aromatic N) is 1. The van der Waals surface area contributed by atoms with Gasteiger partial charge in [0.15, 0.2) is 0 Å². The number of rotatable bonds is 2. The highest BCUT2D eigenvalue weighted by Crippen LogP contribution is 2.26. The molecule has 3 saturated heterocycles. The molecule has 1 N–H and O–H groups in total. The van der Waals surface area contributed by atoms with Gasteiger partial charge in [0.1, 0.15) is 0 Å². The maximum Gasteiger partial charge on any atom is 0.246 e. The minimum atomic E-state index is 0.0162. The van der Waals surface area contributed by atoms with Gasteiger partial charge < -0.3 is 10.2 Å². The average molecular weight is 208 g/mol. The van der Waals surface area contributed by atoms with Crippen LogP contribution in [0.3, 0.4) is 0 Å². The molecule has 0 aliphatic carbocycles. The molecule has 3 aliphatic rings. The quantitative estimate of drug-likeness (QED) is 0.691. The van der Waals surface area contributed by atoms with E-state index < -0.39 is 0 Å². The molecule has 3 nitrogen and oxygen atoms in total. The van der Waals surface area contributed by atoms with Crippen LogP contribution in [0.15, 0.2) is 12.2 Å². The maximum absolute atomic E-state index is 11.5. The normalized spacial score (nSPS) is 34.6. The standard InChI is InChI=1S/C12H20N2O/c1-9(2)12(15)13-11-7-10-3-5-14(8-11)6-4-10/h10-11H,1,3-8H2,2H3,(H,13,15). The van der Waals surface area contributed by atoms with E-state index >= 15 is 0 Å². The summed E-state index contributed by atoms with van der Waals surface area (Å²) in [7, 11) is 0. The highest BCUT2D eigenvalue weighted by molar-refractivity contribution is 5.92. The number of fused-ring (bicyclic) bond motifs is 4. The zero-order valence-corrected chi connectivity index (χ0v) is 9.46. The van der Waals surface area contributed by atoms with Crippen LogP contribution in [-0.4, -0.2) is 36.5 Å². The van der Waals surface area contributed by atoms with E-state index in [0.29, 0.717) is 11.6 Å². The summed E-state index contributed by atoms with van der Waals surface area (Å²) in [5, 5.41) is 3.08. The predicted molar refractivity (Wildman–Crippen MR) is 60.5 cm³/mol. The Labute approximate surface area is 91.5 Å². The second kappa shape index (κ2) is 4.35. The highest BCUT2D eigenvalue weighted by Gasteiger charge is 2.29. The molecule has 3 heteroatoms. The van der Waals surface area contributed by atoms with Crippen molar-refractivity contribution in [3.05, 3.63) is 12.2 Å². The van der Waals surface area contributed by atoms with Crippen molar-refractivity contribution in [3.63, 3.8) is 0 Å². The van der Waals surface area contributed by atoms with Gasteiger partial charge in [-0.1, -0.05) is 6.58 Å². The lowest BCUT2D eigenvalue weighted by Crippen LogP contribution is -2.42. The number of hydrogen-bond acceptors (Lipinski definition) is 2. The molecule has 0 saturated carbocycles. The molecule has 1 unspecified atom stereocenters.